The van der Waals surface area contributed by atoms with E-state index in [4.69, 9.17) is 0 Å². The van der Waals surface area contributed by atoms with E-state index >= 15 is 0 Å². The Morgan fingerprint density at radius 1 is 0.792 bits per heavy atom. The summed E-state index contributed by atoms with van der Waals surface area (Å²) in [5, 5.41) is 0. The van der Waals surface area contributed by atoms with Gasteiger partial charge in [0.1, 0.15) is 12.4 Å². The summed E-state index contributed by atoms with van der Waals surface area (Å²) < 4.78 is 63.9. The van der Waals surface area contributed by atoms with Gasteiger partial charge >= 0.3 is 33.0 Å². The van der Waals surface area contributed by atoms with Gasteiger partial charge in [-0.1, -0.05) is 39.5 Å². The molecule has 0 saturated heterocycles. The van der Waals surface area contributed by atoms with Crippen molar-refractivity contribution in [2.75, 3.05) is 0 Å². The second-order valence-corrected chi connectivity index (χ2v) is 7.89. The number of imidazole rings is 1. The molecule has 1 aromatic heterocycles. The number of nitrogens with zero attached hydrogens (tertiary/aromatic N) is 2. The molecule has 2 nitrogen and oxygen atoms in total. The van der Waals surface area contributed by atoms with Crippen LogP contribution in [0, 0.1) is 0 Å². The summed E-state index contributed by atoms with van der Waals surface area (Å²) in [5.74, 6) is 0. The third-order valence-electron chi connectivity index (χ3n) is 3.29. The monoisotopic (exact) mass is 382 g/mol. The Morgan fingerprint density at radius 2 is 1.29 bits per heavy atom. The Bertz CT molecular complexity index is 417. The third-order valence-corrected chi connectivity index (χ3v) is 3.29. The number of hydrogen-bond donors (Lipinski definition) is 0. The Balaban J connectivity index is 0.000000640. The second-order valence-electron chi connectivity index (χ2n) is 5.97. The average molecular weight is 382 g/mol. The second kappa shape index (κ2) is 9.07. The summed E-state index contributed by atoms with van der Waals surface area (Å²) in [4.78, 5) is 0. The molecule has 0 radical (unpaired) electrons. The van der Waals surface area contributed by atoms with Gasteiger partial charge < -0.3 is 0 Å². The van der Waals surface area contributed by atoms with Crippen LogP contribution < -0.4 is 4.57 Å². The topological polar surface area (TPSA) is 8.81 Å². The molecule has 0 fully saturated rings. The van der Waals surface area contributed by atoms with Gasteiger partial charge in [-0.05, 0) is 25.7 Å². The van der Waals surface area contributed by atoms with Gasteiger partial charge in [-0.15, -0.1) is 0 Å². The molecule has 24 heavy (non-hydrogen) atoms. The summed E-state index contributed by atoms with van der Waals surface area (Å²) >= 11 is 0. The van der Waals surface area contributed by atoms with Crippen LogP contribution >= 0.6 is 7.81 Å². The molecule has 0 aliphatic carbocycles. The van der Waals surface area contributed by atoms with E-state index in [0.717, 1.165) is 0 Å². The van der Waals surface area contributed by atoms with Crippen LogP contribution in [-0.2, 0) is 13.1 Å². The molecule has 0 amide bonds. The normalized spacial score (nSPS) is 14.5. The molecule has 1 heterocycles. The number of halogens is 6. The standard InChI is InChI=1S/C15H29N2.F6P/c1-3-5-7-9-11-16-13-14-17(15-16)12-10-8-6-4-2;1-7(2,3,4,5)6/h13-15H,3-12H2,1-2H3;/q+1;-1. The summed E-state index contributed by atoms with van der Waals surface area (Å²) in [6.45, 7) is 6.89. The first kappa shape index (κ1) is 23.2. The van der Waals surface area contributed by atoms with Gasteiger partial charge in [-0.2, -0.15) is 0 Å². The first-order chi connectivity index (χ1) is 10.8. The Morgan fingerprint density at radius 3 is 1.79 bits per heavy atom. The van der Waals surface area contributed by atoms with E-state index < -0.39 is 7.81 Å². The van der Waals surface area contributed by atoms with Gasteiger partial charge in [-0.25, -0.2) is 9.13 Å². The van der Waals surface area contributed by atoms with Crippen LogP contribution in [0.3, 0.4) is 0 Å². The number of hydrogen-bond acceptors (Lipinski definition) is 0. The quantitative estimate of drug-likeness (QED) is 0.173. The fourth-order valence-corrected chi connectivity index (χ4v) is 2.15. The molecule has 1 rings (SSSR count). The zero-order valence-electron chi connectivity index (χ0n) is 14.4. The first-order valence-electron chi connectivity index (χ1n) is 8.43. The van der Waals surface area contributed by atoms with E-state index in [2.05, 4.69) is 41.7 Å². The predicted molar refractivity (Wildman–Crippen MR) is 86.5 cm³/mol. The van der Waals surface area contributed by atoms with Crippen LogP contribution in [0.25, 0.3) is 0 Å². The molecule has 9 heteroatoms. The van der Waals surface area contributed by atoms with Gasteiger partial charge in [0.25, 0.3) is 0 Å². The van der Waals surface area contributed by atoms with Crippen LogP contribution in [0.4, 0.5) is 25.2 Å². The van der Waals surface area contributed by atoms with Gasteiger partial charge in [0.15, 0.2) is 0 Å². The summed E-state index contributed by atoms with van der Waals surface area (Å²) in [6, 6.07) is 0. The molecule has 0 aromatic carbocycles. The van der Waals surface area contributed by atoms with Crippen LogP contribution in [0.5, 0.6) is 0 Å². The van der Waals surface area contributed by atoms with Crippen LogP contribution in [-0.4, -0.2) is 4.57 Å². The molecule has 0 aliphatic rings. The van der Waals surface area contributed by atoms with Crippen molar-refractivity contribution in [3.05, 3.63) is 18.7 Å². The number of aromatic nitrogens is 2. The Kier molecular flexibility index (Phi) is 8.77. The molecule has 146 valence electrons. The fraction of sp³-hybridized carbons (Fsp3) is 0.800. The summed E-state index contributed by atoms with van der Waals surface area (Å²) in [6.07, 6.45) is 17.4. The first-order valence-corrected chi connectivity index (χ1v) is 10.5. The molecule has 0 unspecified atom stereocenters. The zero-order valence-corrected chi connectivity index (χ0v) is 15.3. The van der Waals surface area contributed by atoms with Gasteiger partial charge in [0.05, 0.1) is 13.1 Å². The van der Waals surface area contributed by atoms with Crippen LogP contribution in [0.15, 0.2) is 18.7 Å². The van der Waals surface area contributed by atoms with E-state index in [0.29, 0.717) is 0 Å². The van der Waals surface area contributed by atoms with Crippen molar-refractivity contribution in [2.24, 2.45) is 0 Å². The van der Waals surface area contributed by atoms with Crippen molar-refractivity contribution >= 4 is 7.81 Å². The average Bonchev–Trinajstić information content (AvgIpc) is 2.84. The number of unbranched alkanes of at least 4 members (excludes halogenated alkanes) is 6. The van der Waals surface area contributed by atoms with E-state index in [9.17, 15) is 25.2 Å². The SMILES string of the molecule is CCCCCCn1cc[n+](CCCCCC)c1.F[P-](F)(F)(F)(F)F. The molecule has 0 bridgehead atoms. The van der Waals surface area contributed by atoms with Crippen molar-refractivity contribution < 1.29 is 29.7 Å². The molecule has 0 aliphatic heterocycles. The van der Waals surface area contributed by atoms with Gasteiger partial charge in [-0.3, -0.25) is 0 Å². The minimum absolute atomic E-state index is 1.18. The van der Waals surface area contributed by atoms with E-state index in [1.165, 1.54) is 64.5 Å². The molecule has 0 atom stereocenters. The van der Waals surface area contributed by atoms with Crippen LogP contribution in [0.1, 0.15) is 65.2 Å². The maximum atomic E-state index is 9.87. The number of rotatable bonds is 10. The molecular weight excluding hydrogens is 353 g/mol. The summed E-state index contributed by atoms with van der Waals surface area (Å²) in [7, 11) is -10.7. The van der Waals surface area contributed by atoms with Crippen molar-refractivity contribution in [3.63, 3.8) is 0 Å². The van der Waals surface area contributed by atoms with Crippen molar-refractivity contribution in [2.45, 2.75) is 78.3 Å². The minimum atomic E-state index is -10.7. The molecule has 0 N–H and O–H groups in total. The molecule has 0 saturated carbocycles. The molecule has 1 aromatic rings. The van der Waals surface area contributed by atoms with Crippen LogP contribution in [0.2, 0.25) is 0 Å². The van der Waals surface area contributed by atoms with E-state index in [1.807, 2.05) is 0 Å². The van der Waals surface area contributed by atoms with E-state index in [-0.39, 0.29) is 0 Å². The Labute approximate surface area is 140 Å². The van der Waals surface area contributed by atoms with Gasteiger partial charge in [0, 0.05) is 0 Å². The fourth-order valence-electron chi connectivity index (χ4n) is 2.15. The summed E-state index contributed by atoms with van der Waals surface area (Å²) in [5.41, 5.74) is 0. The zero-order chi connectivity index (χ0) is 18.8. The van der Waals surface area contributed by atoms with Crippen molar-refractivity contribution in [3.8, 4) is 0 Å². The van der Waals surface area contributed by atoms with Crippen molar-refractivity contribution in [1.82, 2.24) is 4.57 Å². The van der Waals surface area contributed by atoms with Crippen molar-refractivity contribution in [1.29, 1.82) is 0 Å². The number of aryl methyl sites for hydroxylation is 2. The Hall–Kier alpha value is -0.780. The molecule has 0 spiro atoms. The third kappa shape index (κ3) is 21.2. The van der Waals surface area contributed by atoms with Gasteiger partial charge in [0.2, 0.25) is 6.33 Å². The maximum absolute atomic E-state index is 10.7. The predicted octanol–water partition coefficient (Wildman–Crippen LogP) is 7.32. The molecular formula is C15H29F6N2P. The van der Waals surface area contributed by atoms with E-state index in [1.54, 1.807) is 0 Å².